The molecule has 7 nitrogen and oxygen atoms in total. The van der Waals surface area contributed by atoms with Gasteiger partial charge in [0, 0.05) is 10.4 Å². The van der Waals surface area contributed by atoms with Crippen LogP contribution in [0.3, 0.4) is 0 Å². The van der Waals surface area contributed by atoms with Crippen molar-refractivity contribution in [3.63, 3.8) is 0 Å². The first-order valence-corrected chi connectivity index (χ1v) is 11.8. The van der Waals surface area contributed by atoms with Gasteiger partial charge in [-0.2, -0.15) is 0 Å². The Morgan fingerprint density at radius 3 is 2.55 bits per heavy atom. The zero-order chi connectivity index (χ0) is 22.2. The molecule has 0 saturated heterocycles. The number of thiophene rings is 1. The van der Waals surface area contributed by atoms with Crippen molar-refractivity contribution in [1.82, 2.24) is 0 Å². The molecule has 0 atom stereocenters. The number of aryl methyl sites for hydroxylation is 1. The van der Waals surface area contributed by atoms with Crippen molar-refractivity contribution < 1.29 is 28.7 Å². The topological polar surface area (TPSA) is 98.8 Å². The van der Waals surface area contributed by atoms with E-state index in [2.05, 4.69) is 5.32 Å². The van der Waals surface area contributed by atoms with Crippen LogP contribution < -0.4 is 5.32 Å². The highest BCUT2D eigenvalue weighted by atomic mass is 32.2. The van der Waals surface area contributed by atoms with Crippen molar-refractivity contribution in [3.8, 4) is 0 Å². The third-order valence-electron chi connectivity index (χ3n) is 4.60. The van der Waals surface area contributed by atoms with Gasteiger partial charge in [0.15, 0.2) is 6.61 Å². The first kappa shape index (κ1) is 23.0. The smallest absolute Gasteiger partial charge is 0.341 e. The van der Waals surface area contributed by atoms with Crippen molar-refractivity contribution >= 4 is 51.1 Å². The van der Waals surface area contributed by atoms with E-state index in [9.17, 15) is 19.2 Å². The van der Waals surface area contributed by atoms with Crippen LogP contribution in [0.1, 0.15) is 50.9 Å². The maximum Gasteiger partial charge on any atom is 0.341 e. The minimum atomic E-state index is -0.666. The summed E-state index contributed by atoms with van der Waals surface area (Å²) in [4.78, 5) is 49.7. The van der Waals surface area contributed by atoms with E-state index in [1.54, 1.807) is 37.3 Å². The molecule has 0 saturated carbocycles. The molecular weight excluding hydrogens is 438 g/mol. The van der Waals surface area contributed by atoms with E-state index in [-0.39, 0.29) is 17.5 Å². The fourth-order valence-electron chi connectivity index (χ4n) is 3.21. The molecule has 1 aliphatic carbocycles. The molecule has 0 unspecified atom stereocenters. The highest BCUT2D eigenvalue weighted by Crippen LogP contribution is 2.38. The summed E-state index contributed by atoms with van der Waals surface area (Å²) in [5.74, 6) is -1.86. The monoisotopic (exact) mass is 461 g/mol. The Balaban J connectivity index is 1.53. The lowest BCUT2D eigenvalue weighted by molar-refractivity contribution is -0.144. The number of fused-ring (bicyclic) bond motifs is 1. The standard InChI is InChI=1S/C22H23NO6S2/c1-2-28-21(26)19-15-10-6-7-11-16(15)31-20(19)23-17(24)12-29-18(25)13-30-22(27)14-8-4-3-5-9-14/h3-5,8-9H,2,6-7,10-13H2,1H3,(H,23,24). The van der Waals surface area contributed by atoms with Gasteiger partial charge in [-0.1, -0.05) is 42.1 Å². The lowest BCUT2D eigenvalue weighted by Gasteiger charge is -2.12. The second kappa shape index (κ2) is 11.1. The van der Waals surface area contributed by atoms with Crippen LogP contribution in [0.5, 0.6) is 0 Å². The second-order valence-electron chi connectivity index (χ2n) is 6.79. The van der Waals surface area contributed by atoms with Crippen molar-refractivity contribution in [1.29, 1.82) is 0 Å². The number of amides is 1. The molecule has 164 valence electrons. The van der Waals surface area contributed by atoms with Gasteiger partial charge in [0.05, 0.1) is 17.9 Å². The van der Waals surface area contributed by atoms with E-state index < -0.39 is 24.5 Å². The number of carbonyl (C=O) groups excluding carboxylic acids is 4. The molecule has 9 heteroatoms. The second-order valence-corrected chi connectivity index (χ2v) is 8.84. The Kier molecular flexibility index (Phi) is 8.25. The zero-order valence-corrected chi connectivity index (χ0v) is 18.7. The maximum atomic E-state index is 12.4. The minimum Gasteiger partial charge on any atom is -0.462 e. The Morgan fingerprint density at radius 1 is 1.06 bits per heavy atom. The molecule has 2 aromatic rings. The van der Waals surface area contributed by atoms with Gasteiger partial charge in [0.25, 0.3) is 5.91 Å². The molecular formula is C22H23NO6S2. The quantitative estimate of drug-likeness (QED) is 0.596. The summed E-state index contributed by atoms with van der Waals surface area (Å²) < 4.78 is 10.1. The van der Waals surface area contributed by atoms with Crippen LogP contribution in [-0.4, -0.2) is 41.9 Å². The summed E-state index contributed by atoms with van der Waals surface area (Å²) in [5.41, 5.74) is 1.84. The van der Waals surface area contributed by atoms with E-state index >= 15 is 0 Å². The van der Waals surface area contributed by atoms with E-state index in [0.717, 1.165) is 47.9 Å². The van der Waals surface area contributed by atoms with Crippen LogP contribution in [-0.2, 0) is 31.9 Å². The van der Waals surface area contributed by atoms with Gasteiger partial charge in [0.2, 0.25) is 5.12 Å². The lowest BCUT2D eigenvalue weighted by Crippen LogP contribution is -2.22. The van der Waals surface area contributed by atoms with Gasteiger partial charge in [-0.05, 0) is 38.2 Å². The first-order valence-electron chi connectivity index (χ1n) is 9.99. The van der Waals surface area contributed by atoms with Gasteiger partial charge in [0.1, 0.15) is 5.00 Å². The molecule has 0 bridgehead atoms. The molecule has 0 radical (unpaired) electrons. The van der Waals surface area contributed by atoms with E-state index in [0.29, 0.717) is 16.1 Å². The van der Waals surface area contributed by atoms with E-state index in [4.69, 9.17) is 9.47 Å². The molecule has 1 heterocycles. The largest absolute Gasteiger partial charge is 0.462 e. The lowest BCUT2D eigenvalue weighted by atomic mass is 9.95. The van der Waals surface area contributed by atoms with Crippen molar-refractivity contribution in [2.24, 2.45) is 0 Å². The van der Waals surface area contributed by atoms with Crippen LogP contribution in [0.15, 0.2) is 30.3 Å². The van der Waals surface area contributed by atoms with Gasteiger partial charge in [-0.3, -0.25) is 14.4 Å². The normalized spacial score (nSPS) is 12.5. The number of esters is 2. The number of hydrogen-bond donors (Lipinski definition) is 1. The van der Waals surface area contributed by atoms with Crippen molar-refractivity contribution in [3.05, 3.63) is 51.9 Å². The maximum absolute atomic E-state index is 12.4. The van der Waals surface area contributed by atoms with Crippen LogP contribution in [0, 0.1) is 0 Å². The zero-order valence-electron chi connectivity index (χ0n) is 17.1. The third-order valence-corrected chi connectivity index (χ3v) is 6.68. The molecule has 0 fully saturated rings. The Morgan fingerprint density at radius 2 is 1.81 bits per heavy atom. The average Bonchev–Trinajstić information content (AvgIpc) is 3.14. The number of thioether (sulfide) groups is 1. The number of rotatable bonds is 8. The first-order chi connectivity index (χ1) is 15.0. The summed E-state index contributed by atoms with van der Waals surface area (Å²) in [6.07, 6.45) is 3.67. The average molecular weight is 462 g/mol. The van der Waals surface area contributed by atoms with Crippen LogP contribution in [0.2, 0.25) is 0 Å². The van der Waals surface area contributed by atoms with Crippen molar-refractivity contribution in [2.75, 3.05) is 24.3 Å². The van der Waals surface area contributed by atoms with Crippen LogP contribution in [0.25, 0.3) is 0 Å². The summed E-state index contributed by atoms with van der Waals surface area (Å²) >= 11 is 2.19. The number of hydrogen-bond acceptors (Lipinski definition) is 8. The summed E-state index contributed by atoms with van der Waals surface area (Å²) in [6.45, 7) is 1.48. The molecule has 1 aromatic heterocycles. The van der Waals surface area contributed by atoms with Crippen LogP contribution in [0.4, 0.5) is 5.00 Å². The summed E-state index contributed by atoms with van der Waals surface area (Å²) in [6, 6.07) is 8.60. The number of carbonyl (C=O) groups is 4. The molecule has 0 spiro atoms. The van der Waals surface area contributed by atoms with E-state index in [1.165, 1.54) is 11.3 Å². The number of anilines is 1. The van der Waals surface area contributed by atoms with Gasteiger partial charge in [-0.15, -0.1) is 11.3 Å². The van der Waals surface area contributed by atoms with Crippen LogP contribution >= 0.6 is 23.1 Å². The highest BCUT2D eigenvalue weighted by molar-refractivity contribution is 8.14. The fourth-order valence-corrected chi connectivity index (χ4v) is 5.13. The van der Waals surface area contributed by atoms with Gasteiger partial charge >= 0.3 is 11.9 Å². The Bertz CT molecular complexity index is 970. The third kappa shape index (κ3) is 6.18. The highest BCUT2D eigenvalue weighted by Gasteiger charge is 2.27. The Hall–Kier alpha value is -2.65. The minimum absolute atomic E-state index is 0.192. The molecule has 0 aliphatic heterocycles. The molecule has 1 aliphatic rings. The molecule has 1 amide bonds. The summed E-state index contributed by atoms with van der Waals surface area (Å²) in [5, 5.41) is 2.87. The van der Waals surface area contributed by atoms with Gasteiger partial charge in [-0.25, -0.2) is 4.79 Å². The van der Waals surface area contributed by atoms with Crippen molar-refractivity contribution in [2.45, 2.75) is 32.6 Å². The number of nitrogens with one attached hydrogen (secondary N) is 1. The molecule has 1 N–H and O–H groups in total. The predicted molar refractivity (Wildman–Crippen MR) is 120 cm³/mol. The SMILES string of the molecule is CCOC(=O)c1c(NC(=O)COC(=O)CSC(=O)c2ccccc2)sc2c1CCCC2. The number of benzene rings is 1. The predicted octanol–water partition coefficient (Wildman–Crippen LogP) is 3.86. The van der Waals surface area contributed by atoms with Gasteiger partial charge < -0.3 is 14.8 Å². The molecule has 31 heavy (non-hydrogen) atoms. The molecule has 1 aromatic carbocycles. The van der Waals surface area contributed by atoms with E-state index in [1.807, 2.05) is 0 Å². The Labute approximate surface area is 188 Å². The number of ether oxygens (including phenoxy) is 2. The fraction of sp³-hybridized carbons (Fsp3) is 0.364. The summed E-state index contributed by atoms with van der Waals surface area (Å²) in [7, 11) is 0. The molecule has 3 rings (SSSR count).